The van der Waals surface area contributed by atoms with Gasteiger partial charge in [-0.25, -0.2) is 9.97 Å². The zero-order chi connectivity index (χ0) is 10.7. The first-order valence-corrected chi connectivity index (χ1v) is 5.80. The van der Waals surface area contributed by atoms with Crippen LogP contribution in [0.25, 0.3) is 0 Å². The normalized spacial score (nSPS) is 21.1. The van der Waals surface area contributed by atoms with Crippen molar-refractivity contribution in [2.75, 3.05) is 6.54 Å². The lowest BCUT2D eigenvalue weighted by Crippen LogP contribution is -2.24. The molecule has 1 saturated heterocycles. The fourth-order valence-electron chi connectivity index (χ4n) is 2.03. The minimum Gasteiger partial charge on any atom is -0.314 e. The summed E-state index contributed by atoms with van der Waals surface area (Å²) < 4.78 is 0. The van der Waals surface area contributed by atoms with Gasteiger partial charge in [-0.15, -0.1) is 0 Å². The van der Waals surface area contributed by atoms with Crippen molar-refractivity contribution in [1.82, 2.24) is 15.3 Å². The van der Waals surface area contributed by atoms with Crippen molar-refractivity contribution in [3.8, 4) is 0 Å². The molecule has 0 radical (unpaired) electrons. The van der Waals surface area contributed by atoms with Crippen LogP contribution in [0.1, 0.15) is 44.0 Å². The van der Waals surface area contributed by atoms with Crippen LogP contribution in [0.15, 0.2) is 12.4 Å². The SMILES string of the molecule is CC(C)c1cc(CC2CCCN2)ncn1. The maximum atomic E-state index is 4.33. The Labute approximate surface area is 91.3 Å². The third-order valence-electron chi connectivity index (χ3n) is 2.95. The van der Waals surface area contributed by atoms with Crippen LogP contribution in [0.4, 0.5) is 0 Å². The van der Waals surface area contributed by atoms with E-state index >= 15 is 0 Å². The molecule has 3 nitrogen and oxygen atoms in total. The van der Waals surface area contributed by atoms with Crippen LogP contribution in [-0.4, -0.2) is 22.6 Å². The van der Waals surface area contributed by atoms with Crippen molar-refractivity contribution in [2.45, 2.75) is 45.1 Å². The van der Waals surface area contributed by atoms with Gasteiger partial charge in [0, 0.05) is 23.9 Å². The quantitative estimate of drug-likeness (QED) is 0.819. The minimum atomic E-state index is 0.489. The molecule has 0 aliphatic carbocycles. The van der Waals surface area contributed by atoms with E-state index in [2.05, 4.69) is 35.2 Å². The summed E-state index contributed by atoms with van der Waals surface area (Å²) in [5.74, 6) is 0.489. The molecule has 1 aliphatic rings. The molecule has 0 spiro atoms. The minimum absolute atomic E-state index is 0.489. The maximum absolute atomic E-state index is 4.33. The summed E-state index contributed by atoms with van der Waals surface area (Å²) in [6.07, 6.45) is 5.32. The third kappa shape index (κ3) is 2.75. The molecule has 0 aromatic carbocycles. The van der Waals surface area contributed by atoms with E-state index in [1.807, 2.05) is 0 Å². The van der Waals surface area contributed by atoms with Gasteiger partial charge in [-0.05, 0) is 31.4 Å². The molecule has 1 aliphatic heterocycles. The highest BCUT2D eigenvalue weighted by Gasteiger charge is 2.15. The van der Waals surface area contributed by atoms with Gasteiger partial charge in [0.15, 0.2) is 0 Å². The van der Waals surface area contributed by atoms with Crippen LogP contribution in [0, 0.1) is 0 Å². The van der Waals surface area contributed by atoms with Gasteiger partial charge >= 0.3 is 0 Å². The first-order chi connectivity index (χ1) is 7.25. The maximum Gasteiger partial charge on any atom is 0.115 e. The molecule has 0 bridgehead atoms. The van der Waals surface area contributed by atoms with E-state index in [0.717, 1.165) is 18.7 Å². The van der Waals surface area contributed by atoms with Crippen LogP contribution in [0.2, 0.25) is 0 Å². The topological polar surface area (TPSA) is 37.8 Å². The van der Waals surface area contributed by atoms with Gasteiger partial charge in [0.25, 0.3) is 0 Å². The van der Waals surface area contributed by atoms with Crippen LogP contribution in [-0.2, 0) is 6.42 Å². The molecular weight excluding hydrogens is 186 g/mol. The average Bonchev–Trinajstić information content (AvgIpc) is 2.71. The molecule has 1 aromatic rings. The highest BCUT2D eigenvalue weighted by Crippen LogP contribution is 2.14. The number of aromatic nitrogens is 2. The second kappa shape index (κ2) is 4.71. The van der Waals surface area contributed by atoms with Crippen molar-refractivity contribution < 1.29 is 0 Å². The Morgan fingerprint density at radius 3 is 3.00 bits per heavy atom. The largest absolute Gasteiger partial charge is 0.314 e. The average molecular weight is 205 g/mol. The number of rotatable bonds is 3. The van der Waals surface area contributed by atoms with Crippen molar-refractivity contribution >= 4 is 0 Å². The third-order valence-corrected chi connectivity index (χ3v) is 2.95. The lowest BCUT2D eigenvalue weighted by atomic mass is 10.1. The summed E-state index contributed by atoms with van der Waals surface area (Å²) in [4.78, 5) is 8.62. The smallest absolute Gasteiger partial charge is 0.115 e. The second-order valence-corrected chi connectivity index (χ2v) is 4.59. The molecular formula is C12H19N3. The monoisotopic (exact) mass is 205 g/mol. The van der Waals surface area contributed by atoms with Crippen LogP contribution in [0.5, 0.6) is 0 Å². The van der Waals surface area contributed by atoms with Crippen molar-refractivity contribution in [2.24, 2.45) is 0 Å². The molecule has 2 rings (SSSR count). The van der Waals surface area contributed by atoms with Crippen molar-refractivity contribution in [3.63, 3.8) is 0 Å². The predicted molar refractivity (Wildman–Crippen MR) is 60.8 cm³/mol. The van der Waals surface area contributed by atoms with E-state index in [0.29, 0.717) is 12.0 Å². The molecule has 82 valence electrons. The molecule has 0 amide bonds. The molecule has 2 heterocycles. The zero-order valence-corrected chi connectivity index (χ0v) is 9.53. The first-order valence-electron chi connectivity index (χ1n) is 5.80. The van der Waals surface area contributed by atoms with Crippen molar-refractivity contribution in [1.29, 1.82) is 0 Å². The second-order valence-electron chi connectivity index (χ2n) is 4.59. The molecule has 15 heavy (non-hydrogen) atoms. The standard InChI is InChI=1S/C12H19N3/c1-9(2)12-7-11(14-8-15-12)6-10-4-3-5-13-10/h7-10,13H,3-6H2,1-2H3. The van der Waals surface area contributed by atoms with Crippen LogP contribution in [0.3, 0.4) is 0 Å². The molecule has 0 saturated carbocycles. The Kier molecular flexibility index (Phi) is 3.31. The van der Waals surface area contributed by atoms with E-state index in [1.54, 1.807) is 6.33 Å². The van der Waals surface area contributed by atoms with Gasteiger partial charge < -0.3 is 5.32 Å². The lowest BCUT2D eigenvalue weighted by Gasteiger charge is -2.10. The molecule has 1 N–H and O–H groups in total. The van der Waals surface area contributed by atoms with Gasteiger partial charge in [0.05, 0.1) is 0 Å². The summed E-state index contributed by atoms with van der Waals surface area (Å²) in [5, 5.41) is 3.49. The summed E-state index contributed by atoms with van der Waals surface area (Å²) in [7, 11) is 0. The molecule has 3 heteroatoms. The number of hydrogen-bond acceptors (Lipinski definition) is 3. The number of nitrogens with one attached hydrogen (secondary N) is 1. The molecule has 1 aromatic heterocycles. The summed E-state index contributed by atoms with van der Waals surface area (Å²) >= 11 is 0. The number of hydrogen-bond donors (Lipinski definition) is 1. The van der Waals surface area contributed by atoms with Crippen molar-refractivity contribution in [3.05, 3.63) is 23.8 Å². The molecule has 1 fully saturated rings. The Morgan fingerprint density at radius 2 is 2.33 bits per heavy atom. The molecule has 1 atom stereocenters. The Hall–Kier alpha value is -0.960. The van der Waals surface area contributed by atoms with Gasteiger partial charge in [0.2, 0.25) is 0 Å². The highest BCUT2D eigenvalue weighted by molar-refractivity contribution is 5.12. The summed E-state index contributed by atoms with van der Waals surface area (Å²) in [5.41, 5.74) is 2.33. The van der Waals surface area contributed by atoms with E-state index in [-0.39, 0.29) is 0 Å². The summed E-state index contributed by atoms with van der Waals surface area (Å²) in [6.45, 7) is 5.49. The fraction of sp³-hybridized carbons (Fsp3) is 0.667. The number of nitrogens with zero attached hydrogens (tertiary/aromatic N) is 2. The van der Waals surface area contributed by atoms with Gasteiger partial charge in [-0.3, -0.25) is 0 Å². The Morgan fingerprint density at radius 1 is 1.47 bits per heavy atom. The van der Waals surface area contributed by atoms with E-state index in [4.69, 9.17) is 0 Å². The van der Waals surface area contributed by atoms with E-state index in [9.17, 15) is 0 Å². The van der Waals surface area contributed by atoms with E-state index in [1.165, 1.54) is 18.5 Å². The predicted octanol–water partition coefficient (Wildman–Crippen LogP) is 1.89. The summed E-state index contributed by atoms with van der Waals surface area (Å²) in [6, 6.07) is 2.77. The molecule has 1 unspecified atom stereocenters. The Bertz CT molecular complexity index is 316. The van der Waals surface area contributed by atoms with Crippen LogP contribution < -0.4 is 5.32 Å². The van der Waals surface area contributed by atoms with Gasteiger partial charge in [-0.2, -0.15) is 0 Å². The van der Waals surface area contributed by atoms with Gasteiger partial charge in [-0.1, -0.05) is 13.8 Å². The highest BCUT2D eigenvalue weighted by atomic mass is 14.9. The van der Waals surface area contributed by atoms with E-state index < -0.39 is 0 Å². The Balaban J connectivity index is 2.04. The zero-order valence-electron chi connectivity index (χ0n) is 9.53. The first kappa shape index (κ1) is 10.6. The van der Waals surface area contributed by atoms with Crippen LogP contribution >= 0.6 is 0 Å². The fourth-order valence-corrected chi connectivity index (χ4v) is 2.03. The van der Waals surface area contributed by atoms with Gasteiger partial charge in [0.1, 0.15) is 6.33 Å². The lowest BCUT2D eigenvalue weighted by molar-refractivity contribution is 0.592.